The Labute approximate surface area is 122 Å². The second kappa shape index (κ2) is 6.67. The summed E-state index contributed by atoms with van der Waals surface area (Å²) in [6, 6.07) is 1.14. The molecule has 0 aliphatic rings. The summed E-state index contributed by atoms with van der Waals surface area (Å²) in [4.78, 5) is -0.273. The van der Waals surface area contributed by atoms with Crippen molar-refractivity contribution in [3.63, 3.8) is 0 Å². The summed E-state index contributed by atoms with van der Waals surface area (Å²) in [5.41, 5.74) is 0. The van der Waals surface area contributed by atoms with Gasteiger partial charge in [-0.3, -0.25) is 0 Å². The van der Waals surface area contributed by atoms with Crippen molar-refractivity contribution in [1.29, 1.82) is 0 Å². The number of nitrogens with zero attached hydrogens (tertiary/aromatic N) is 1. The van der Waals surface area contributed by atoms with Crippen LogP contribution in [-0.2, 0) is 10.0 Å². The van der Waals surface area contributed by atoms with Crippen molar-refractivity contribution in [3.05, 3.63) is 14.7 Å². The van der Waals surface area contributed by atoms with Crippen molar-refractivity contribution in [2.75, 3.05) is 19.0 Å². The summed E-state index contributed by atoms with van der Waals surface area (Å²) >= 11 is 17.6. The molecular formula is C8H8Cl3F2NO2S2. The van der Waals surface area contributed by atoms with Crippen LogP contribution in [-0.4, -0.2) is 38.1 Å². The predicted molar refractivity (Wildman–Crippen MR) is 69.8 cm³/mol. The number of hydrogen-bond donors (Lipinski definition) is 0. The standard InChI is InChI=1S/C8H8Cl3F2NO2S2/c9-1-2-14(4-7(12)13)18(15,16)5-3-6(10)17-8(5)11/h3,7H,1-2,4H2. The average Bonchev–Trinajstić information content (AvgIpc) is 2.57. The first-order chi connectivity index (χ1) is 8.28. The monoisotopic (exact) mass is 357 g/mol. The molecule has 0 N–H and O–H groups in total. The summed E-state index contributed by atoms with van der Waals surface area (Å²) in [5.74, 6) is -0.0958. The van der Waals surface area contributed by atoms with Crippen molar-refractivity contribution in [2.45, 2.75) is 11.3 Å². The molecule has 0 aliphatic heterocycles. The van der Waals surface area contributed by atoms with Crippen molar-refractivity contribution in [1.82, 2.24) is 4.31 Å². The van der Waals surface area contributed by atoms with E-state index in [9.17, 15) is 17.2 Å². The topological polar surface area (TPSA) is 37.4 Å². The molecule has 0 radical (unpaired) electrons. The van der Waals surface area contributed by atoms with Gasteiger partial charge in [0.2, 0.25) is 10.0 Å². The third-order valence-corrected chi connectivity index (χ3v) is 5.71. The second-order valence-electron chi connectivity index (χ2n) is 3.13. The Hall–Kier alpha value is 0.340. The van der Waals surface area contributed by atoms with Crippen molar-refractivity contribution >= 4 is 56.2 Å². The highest BCUT2D eigenvalue weighted by Gasteiger charge is 2.30. The lowest BCUT2D eigenvalue weighted by molar-refractivity contribution is 0.121. The number of rotatable bonds is 6. The van der Waals surface area contributed by atoms with Crippen molar-refractivity contribution < 1.29 is 17.2 Å². The fourth-order valence-electron chi connectivity index (χ4n) is 1.20. The van der Waals surface area contributed by atoms with E-state index in [-0.39, 0.29) is 26.0 Å². The molecule has 0 unspecified atom stereocenters. The van der Waals surface area contributed by atoms with Crippen LogP contribution >= 0.6 is 46.1 Å². The Morgan fingerprint density at radius 1 is 1.39 bits per heavy atom. The van der Waals surface area contributed by atoms with Crippen molar-refractivity contribution in [2.24, 2.45) is 0 Å². The summed E-state index contributed by atoms with van der Waals surface area (Å²) in [7, 11) is -4.11. The first-order valence-electron chi connectivity index (χ1n) is 4.58. The highest BCUT2D eigenvalue weighted by atomic mass is 35.5. The third kappa shape index (κ3) is 3.91. The van der Waals surface area contributed by atoms with E-state index in [1.807, 2.05) is 0 Å². The van der Waals surface area contributed by atoms with E-state index in [1.165, 1.54) is 0 Å². The first kappa shape index (κ1) is 16.4. The molecule has 1 heterocycles. The molecule has 1 aromatic rings. The lowest BCUT2D eigenvalue weighted by Crippen LogP contribution is -2.36. The fourth-order valence-corrected chi connectivity index (χ4v) is 5.03. The van der Waals surface area contributed by atoms with Gasteiger partial charge in [-0.1, -0.05) is 23.2 Å². The zero-order chi connectivity index (χ0) is 13.9. The predicted octanol–water partition coefficient (Wildman–Crippen LogP) is 3.55. The SMILES string of the molecule is O=S(=O)(c1cc(Cl)sc1Cl)N(CCCl)CC(F)F. The minimum atomic E-state index is -4.11. The van der Waals surface area contributed by atoms with Gasteiger partial charge in [0.1, 0.15) is 9.23 Å². The van der Waals surface area contributed by atoms with Gasteiger partial charge in [-0.25, -0.2) is 17.2 Å². The molecule has 1 rings (SSSR count). The van der Waals surface area contributed by atoms with Gasteiger partial charge in [0, 0.05) is 12.4 Å². The van der Waals surface area contributed by atoms with Gasteiger partial charge >= 0.3 is 0 Å². The van der Waals surface area contributed by atoms with Crippen LogP contribution in [0.25, 0.3) is 0 Å². The average molecular weight is 359 g/mol. The minimum absolute atomic E-state index is 0.0613. The second-order valence-corrected chi connectivity index (χ2v) is 7.70. The molecule has 3 nitrogen and oxygen atoms in total. The van der Waals surface area contributed by atoms with Crippen LogP contribution in [0.2, 0.25) is 8.67 Å². The number of alkyl halides is 3. The highest BCUT2D eigenvalue weighted by Crippen LogP contribution is 2.35. The van der Waals surface area contributed by atoms with Gasteiger partial charge in [0.05, 0.1) is 10.9 Å². The zero-order valence-corrected chi connectivity index (χ0v) is 12.6. The van der Waals surface area contributed by atoms with Gasteiger partial charge in [0.15, 0.2) is 0 Å². The number of halogens is 5. The van der Waals surface area contributed by atoms with Gasteiger partial charge in [-0.05, 0) is 6.07 Å². The molecule has 0 amide bonds. The van der Waals surface area contributed by atoms with E-state index in [0.29, 0.717) is 4.31 Å². The molecule has 0 saturated carbocycles. The van der Waals surface area contributed by atoms with Crippen LogP contribution in [0.15, 0.2) is 11.0 Å². The van der Waals surface area contributed by atoms with E-state index < -0.39 is 23.0 Å². The Morgan fingerprint density at radius 2 is 2.00 bits per heavy atom. The molecule has 0 aromatic carbocycles. The minimum Gasteiger partial charge on any atom is -0.209 e. The van der Waals surface area contributed by atoms with Crippen LogP contribution in [0, 0.1) is 0 Å². The smallest absolute Gasteiger partial charge is 0.209 e. The largest absolute Gasteiger partial charge is 0.252 e. The van der Waals surface area contributed by atoms with Crippen LogP contribution in [0.1, 0.15) is 0 Å². The van der Waals surface area contributed by atoms with E-state index in [4.69, 9.17) is 34.8 Å². The maximum Gasteiger partial charge on any atom is 0.252 e. The molecule has 0 fully saturated rings. The quantitative estimate of drug-likeness (QED) is 0.729. The fraction of sp³-hybridized carbons (Fsp3) is 0.500. The molecule has 0 bridgehead atoms. The number of hydrogen-bond acceptors (Lipinski definition) is 3. The van der Waals surface area contributed by atoms with Gasteiger partial charge in [0.25, 0.3) is 6.43 Å². The summed E-state index contributed by atoms with van der Waals surface area (Å²) in [5, 5.41) is 0. The number of thiophene rings is 1. The molecule has 10 heteroatoms. The summed E-state index contributed by atoms with van der Waals surface area (Å²) in [6.07, 6.45) is -2.80. The Morgan fingerprint density at radius 3 is 2.39 bits per heavy atom. The van der Waals surface area contributed by atoms with Gasteiger partial charge in [-0.15, -0.1) is 22.9 Å². The van der Waals surface area contributed by atoms with E-state index >= 15 is 0 Å². The normalized spacial score (nSPS) is 12.6. The molecule has 1 aromatic heterocycles. The van der Waals surface area contributed by atoms with Crippen LogP contribution < -0.4 is 0 Å². The van der Waals surface area contributed by atoms with Crippen molar-refractivity contribution in [3.8, 4) is 0 Å². The Bertz CT molecular complexity index is 506. The highest BCUT2D eigenvalue weighted by molar-refractivity contribution is 7.89. The zero-order valence-electron chi connectivity index (χ0n) is 8.75. The van der Waals surface area contributed by atoms with Gasteiger partial charge < -0.3 is 0 Å². The molecule has 0 atom stereocenters. The molecule has 0 spiro atoms. The van der Waals surface area contributed by atoms with Crippen LogP contribution in [0.3, 0.4) is 0 Å². The molecular weight excluding hydrogens is 351 g/mol. The lowest BCUT2D eigenvalue weighted by atomic mass is 10.6. The number of sulfonamides is 1. The van der Waals surface area contributed by atoms with E-state index in [2.05, 4.69) is 0 Å². The van der Waals surface area contributed by atoms with E-state index in [1.54, 1.807) is 0 Å². The molecule has 0 saturated heterocycles. The maximum atomic E-state index is 12.4. The first-order valence-corrected chi connectivity index (χ1v) is 8.13. The molecule has 18 heavy (non-hydrogen) atoms. The molecule has 104 valence electrons. The molecule has 0 aliphatic carbocycles. The summed E-state index contributed by atoms with van der Waals surface area (Å²) in [6.45, 7) is -1.16. The lowest BCUT2D eigenvalue weighted by Gasteiger charge is -2.20. The maximum absolute atomic E-state index is 12.4. The summed E-state index contributed by atoms with van der Waals surface area (Å²) < 4.78 is 49.6. The van der Waals surface area contributed by atoms with Crippen LogP contribution in [0.5, 0.6) is 0 Å². The Balaban J connectivity index is 3.12. The van der Waals surface area contributed by atoms with Crippen LogP contribution in [0.4, 0.5) is 8.78 Å². The third-order valence-electron chi connectivity index (χ3n) is 1.92. The van der Waals surface area contributed by atoms with E-state index in [0.717, 1.165) is 17.4 Å². The Kier molecular flexibility index (Phi) is 6.08. The van der Waals surface area contributed by atoms with Gasteiger partial charge in [-0.2, -0.15) is 4.31 Å².